The molecule has 1 N–H and O–H groups in total. The second-order valence-electron chi connectivity index (χ2n) is 6.59. The Kier molecular flexibility index (Phi) is 4.46. The summed E-state index contributed by atoms with van der Waals surface area (Å²) in [6.07, 6.45) is 3.48. The fourth-order valence-electron chi connectivity index (χ4n) is 3.33. The summed E-state index contributed by atoms with van der Waals surface area (Å²) in [4.78, 5) is 26.6. The number of nitrogens with zero attached hydrogens (tertiary/aromatic N) is 1. The van der Waals surface area contributed by atoms with Crippen molar-refractivity contribution in [2.24, 2.45) is 11.8 Å². The first-order valence-electron chi connectivity index (χ1n) is 8.26. The number of carbonyl (C=O) groups excluding carboxylic acids is 2. The Balaban J connectivity index is 1.78. The van der Waals surface area contributed by atoms with Crippen molar-refractivity contribution in [3.63, 3.8) is 0 Å². The lowest BCUT2D eigenvalue weighted by Gasteiger charge is -2.30. The Bertz CT molecular complexity index is 539. The van der Waals surface area contributed by atoms with Crippen LogP contribution in [0.25, 0.3) is 0 Å². The van der Waals surface area contributed by atoms with E-state index in [1.54, 1.807) is 0 Å². The maximum atomic E-state index is 12.8. The fourth-order valence-corrected chi connectivity index (χ4v) is 3.33. The SMILES string of the molecule is C[C@@H](CC(=O)N1CCNC(=O)C[C@H]1c1ccccc1)C1CC1. The van der Waals surface area contributed by atoms with Crippen molar-refractivity contribution in [3.8, 4) is 0 Å². The molecule has 2 amide bonds. The molecule has 22 heavy (non-hydrogen) atoms. The molecule has 1 aromatic rings. The zero-order valence-corrected chi connectivity index (χ0v) is 13.1. The summed E-state index contributed by atoms with van der Waals surface area (Å²) in [5, 5.41) is 2.88. The summed E-state index contributed by atoms with van der Waals surface area (Å²) in [6.45, 7) is 3.32. The van der Waals surface area contributed by atoms with Crippen molar-refractivity contribution in [2.45, 2.75) is 38.6 Å². The predicted octanol–water partition coefficient (Wildman–Crippen LogP) is 2.51. The summed E-state index contributed by atoms with van der Waals surface area (Å²) in [7, 11) is 0. The summed E-state index contributed by atoms with van der Waals surface area (Å²) >= 11 is 0. The molecule has 2 atom stereocenters. The predicted molar refractivity (Wildman–Crippen MR) is 85.0 cm³/mol. The average Bonchev–Trinajstić information content (AvgIpc) is 3.35. The van der Waals surface area contributed by atoms with Crippen LogP contribution in [-0.4, -0.2) is 29.8 Å². The third-order valence-corrected chi connectivity index (χ3v) is 4.86. The first kappa shape index (κ1) is 15.1. The van der Waals surface area contributed by atoms with Gasteiger partial charge in [-0.2, -0.15) is 0 Å². The van der Waals surface area contributed by atoms with Crippen LogP contribution in [0.1, 0.15) is 44.2 Å². The third kappa shape index (κ3) is 3.49. The van der Waals surface area contributed by atoms with E-state index in [4.69, 9.17) is 0 Å². The lowest BCUT2D eigenvalue weighted by molar-refractivity contribution is -0.134. The second-order valence-corrected chi connectivity index (χ2v) is 6.59. The summed E-state index contributed by atoms with van der Waals surface area (Å²) in [5.74, 6) is 1.39. The highest BCUT2D eigenvalue weighted by Gasteiger charge is 2.34. The molecule has 1 saturated carbocycles. The van der Waals surface area contributed by atoms with Gasteiger partial charge in [-0.1, -0.05) is 37.3 Å². The number of hydrogen-bond donors (Lipinski definition) is 1. The largest absolute Gasteiger partial charge is 0.354 e. The van der Waals surface area contributed by atoms with Crippen LogP contribution in [0.15, 0.2) is 30.3 Å². The molecule has 2 fully saturated rings. The van der Waals surface area contributed by atoms with E-state index in [-0.39, 0.29) is 17.9 Å². The Morgan fingerprint density at radius 2 is 2.05 bits per heavy atom. The van der Waals surface area contributed by atoms with E-state index in [0.29, 0.717) is 31.8 Å². The van der Waals surface area contributed by atoms with Crippen molar-refractivity contribution >= 4 is 11.8 Å². The summed E-state index contributed by atoms with van der Waals surface area (Å²) < 4.78 is 0. The highest BCUT2D eigenvalue weighted by atomic mass is 16.2. The van der Waals surface area contributed by atoms with Gasteiger partial charge >= 0.3 is 0 Å². The zero-order valence-electron chi connectivity index (χ0n) is 13.1. The van der Waals surface area contributed by atoms with Gasteiger partial charge in [0.2, 0.25) is 11.8 Å². The maximum Gasteiger partial charge on any atom is 0.223 e. The van der Waals surface area contributed by atoms with E-state index in [0.717, 1.165) is 11.5 Å². The van der Waals surface area contributed by atoms with Crippen LogP contribution in [0, 0.1) is 11.8 Å². The fraction of sp³-hybridized carbons (Fsp3) is 0.556. The molecule has 0 aromatic heterocycles. The van der Waals surface area contributed by atoms with Gasteiger partial charge in [0.25, 0.3) is 0 Å². The number of carbonyl (C=O) groups is 2. The molecule has 0 bridgehead atoms. The van der Waals surface area contributed by atoms with E-state index in [1.807, 2.05) is 35.2 Å². The third-order valence-electron chi connectivity index (χ3n) is 4.86. The van der Waals surface area contributed by atoms with Crippen LogP contribution in [0.2, 0.25) is 0 Å². The minimum Gasteiger partial charge on any atom is -0.354 e. The lowest BCUT2D eigenvalue weighted by atomic mass is 9.98. The average molecular weight is 300 g/mol. The van der Waals surface area contributed by atoms with Gasteiger partial charge in [-0.25, -0.2) is 0 Å². The number of nitrogens with one attached hydrogen (secondary N) is 1. The molecule has 1 saturated heterocycles. The Hall–Kier alpha value is -1.84. The first-order chi connectivity index (χ1) is 10.6. The molecule has 0 unspecified atom stereocenters. The van der Waals surface area contributed by atoms with E-state index < -0.39 is 0 Å². The van der Waals surface area contributed by atoms with Gasteiger partial charge in [-0.05, 0) is 30.2 Å². The minimum atomic E-state index is -0.136. The van der Waals surface area contributed by atoms with Crippen LogP contribution >= 0.6 is 0 Å². The molecule has 1 aliphatic carbocycles. The van der Waals surface area contributed by atoms with Crippen LogP contribution < -0.4 is 5.32 Å². The topological polar surface area (TPSA) is 49.4 Å². The van der Waals surface area contributed by atoms with Crippen molar-refractivity contribution in [1.29, 1.82) is 0 Å². The van der Waals surface area contributed by atoms with Gasteiger partial charge in [-0.3, -0.25) is 9.59 Å². The molecule has 118 valence electrons. The van der Waals surface area contributed by atoms with Crippen LogP contribution in [0.4, 0.5) is 0 Å². The second kappa shape index (κ2) is 6.51. The normalized spacial score (nSPS) is 23.6. The van der Waals surface area contributed by atoms with E-state index in [2.05, 4.69) is 12.2 Å². The van der Waals surface area contributed by atoms with Gasteiger partial charge in [0, 0.05) is 19.5 Å². The molecule has 1 aliphatic heterocycles. The van der Waals surface area contributed by atoms with Crippen LogP contribution in [0.3, 0.4) is 0 Å². The van der Waals surface area contributed by atoms with Crippen molar-refractivity contribution in [2.75, 3.05) is 13.1 Å². The van der Waals surface area contributed by atoms with Crippen molar-refractivity contribution in [3.05, 3.63) is 35.9 Å². The molecular formula is C18H24N2O2. The highest BCUT2D eigenvalue weighted by Crippen LogP contribution is 2.39. The van der Waals surface area contributed by atoms with Crippen LogP contribution in [0.5, 0.6) is 0 Å². The Morgan fingerprint density at radius 3 is 2.73 bits per heavy atom. The van der Waals surface area contributed by atoms with Crippen molar-refractivity contribution < 1.29 is 9.59 Å². The number of hydrogen-bond acceptors (Lipinski definition) is 2. The molecule has 2 aliphatic rings. The zero-order chi connectivity index (χ0) is 15.5. The van der Waals surface area contributed by atoms with Crippen molar-refractivity contribution in [1.82, 2.24) is 10.2 Å². The summed E-state index contributed by atoms with van der Waals surface area (Å²) in [5.41, 5.74) is 1.05. The number of benzene rings is 1. The Morgan fingerprint density at radius 1 is 1.32 bits per heavy atom. The minimum absolute atomic E-state index is 0.0272. The van der Waals surface area contributed by atoms with Gasteiger partial charge in [0.05, 0.1) is 12.5 Å². The van der Waals surface area contributed by atoms with Gasteiger partial charge < -0.3 is 10.2 Å². The summed E-state index contributed by atoms with van der Waals surface area (Å²) in [6, 6.07) is 9.77. The van der Waals surface area contributed by atoms with Crippen LogP contribution in [-0.2, 0) is 9.59 Å². The highest BCUT2D eigenvalue weighted by molar-refractivity contribution is 5.81. The smallest absolute Gasteiger partial charge is 0.223 e. The molecule has 0 spiro atoms. The van der Waals surface area contributed by atoms with Gasteiger partial charge in [0.15, 0.2) is 0 Å². The molecular weight excluding hydrogens is 276 g/mol. The van der Waals surface area contributed by atoms with Gasteiger partial charge in [-0.15, -0.1) is 0 Å². The van der Waals surface area contributed by atoms with E-state index in [9.17, 15) is 9.59 Å². The quantitative estimate of drug-likeness (QED) is 0.929. The van der Waals surface area contributed by atoms with E-state index >= 15 is 0 Å². The molecule has 0 radical (unpaired) electrons. The maximum absolute atomic E-state index is 12.8. The monoisotopic (exact) mass is 300 g/mol. The Labute approximate surface area is 131 Å². The van der Waals surface area contributed by atoms with Gasteiger partial charge in [0.1, 0.15) is 0 Å². The first-order valence-corrected chi connectivity index (χ1v) is 8.26. The molecule has 1 heterocycles. The molecule has 3 rings (SSSR count). The molecule has 1 aromatic carbocycles. The lowest BCUT2D eigenvalue weighted by Crippen LogP contribution is -2.37. The molecule has 4 nitrogen and oxygen atoms in total. The molecule has 4 heteroatoms. The van der Waals surface area contributed by atoms with E-state index in [1.165, 1.54) is 12.8 Å². The standard InChI is InChI=1S/C18H24N2O2/c1-13(14-7-8-14)11-18(22)20-10-9-19-17(21)12-16(20)15-5-3-2-4-6-15/h2-6,13-14,16H,7-12H2,1H3,(H,19,21)/t13-,16-/m0/s1. The number of rotatable bonds is 4. The number of amides is 2.